The zero-order valence-corrected chi connectivity index (χ0v) is 13.0. The van der Waals surface area contributed by atoms with Crippen molar-refractivity contribution in [3.8, 4) is 0 Å². The summed E-state index contributed by atoms with van der Waals surface area (Å²) in [5, 5.41) is 3.55. The second-order valence-electron chi connectivity index (χ2n) is 3.99. The fourth-order valence-electron chi connectivity index (χ4n) is 1.64. The fourth-order valence-corrected chi connectivity index (χ4v) is 2.22. The van der Waals surface area contributed by atoms with E-state index in [-0.39, 0.29) is 0 Å². The van der Waals surface area contributed by atoms with Gasteiger partial charge in [-0.3, -0.25) is 0 Å². The smallest absolute Gasteiger partial charge is 0.339 e. The summed E-state index contributed by atoms with van der Waals surface area (Å²) in [5.74, 6) is -0.459. The molecule has 1 N–H and O–H groups in total. The number of benzene rings is 1. The third-order valence-corrected chi connectivity index (χ3v) is 3.39. The van der Waals surface area contributed by atoms with Crippen molar-refractivity contribution in [3.05, 3.63) is 57.3 Å². The van der Waals surface area contributed by atoms with Crippen molar-refractivity contribution in [2.75, 3.05) is 12.4 Å². The molecule has 2 aromatic rings. The lowest BCUT2D eigenvalue weighted by Gasteiger charge is -2.09. The van der Waals surface area contributed by atoms with Crippen LogP contribution in [0.5, 0.6) is 0 Å². The van der Waals surface area contributed by atoms with Gasteiger partial charge < -0.3 is 10.1 Å². The zero-order chi connectivity index (χ0) is 14.5. The molecule has 1 aromatic heterocycles. The molecule has 4 nitrogen and oxygen atoms in total. The predicted octanol–water partition coefficient (Wildman–Crippen LogP) is 3.90. The number of esters is 1. The van der Waals surface area contributed by atoms with E-state index in [1.165, 1.54) is 7.11 Å². The summed E-state index contributed by atoms with van der Waals surface area (Å²) in [7, 11) is 1.32. The number of nitrogens with zero attached hydrogens (tertiary/aromatic N) is 1. The molecule has 2 rings (SSSR count). The van der Waals surface area contributed by atoms with E-state index < -0.39 is 5.97 Å². The van der Waals surface area contributed by atoms with Gasteiger partial charge in [-0.15, -0.1) is 0 Å². The van der Waals surface area contributed by atoms with Gasteiger partial charge in [0.2, 0.25) is 0 Å². The summed E-state index contributed by atoms with van der Waals surface area (Å²) in [6.45, 7) is 0.543. The van der Waals surface area contributed by atoms with E-state index in [0.29, 0.717) is 17.1 Å². The lowest BCUT2D eigenvalue weighted by molar-refractivity contribution is 0.0601. The Morgan fingerprint density at radius 2 is 2.20 bits per heavy atom. The highest BCUT2D eigenvalue weighted by molar-refractivity contribution is 9.10. The molecule has 0 fully saturated rings. The number of hydrogen-bond donors (Lipinski definition) is 1. The minimum atomic E-state index is -0.459. The average molecular weight is 356 g/mol. The molecule has 0 spiro atoms. The van der Waals surface area contributed by atoms with Gasteiger partial charge in [-0.25, -0.2) is 9.78 Å². The third kappa shape index (κ3) is 3.71. The van der Waals surface area contributed by atoms with Gasteiger partial charge in [0.1, 0.15) is 4.60 Å². The fraction of sp³-hybridized carbons (Fsp3) is 0.143. The van der Waals surface area contributed by atoms with E-state index in [2.05, 4.69) is 31.0 Å². The van der Waals surface area contributed by atoms with Gasteiger partial charge in [-0.1, -0.05) is 17.7 Å². The number of carbonyl (C=O) groups excluding carboxylic acids is 1. The Bertz CT molecular complexity index is 634. The summed E-state index contributed by atoms with van der Waals surface area (Å²) in [6, 6.07) is 10.8. The normalized spacial score (nSPS) is 10.2. The second-order valence-corrected chi connectivity index (χ2v) is 5.21. The summed E-state index contributed by atoms with van der Waals surface area (Å²) in [4.78, 5) is 15.9. The van der Waals surface area contributed by atoms with Crippen molar-refractivity contribution in [2.45, 2.75) is 6.54 Å². The number of rotatable bonds is 4. The SMILES string of the molecule is COC(=O)c1cc(NCc2cccc(Br)n2)ccc1Cl. The van der Waals surface area contributed by atoms with E-state index in [1.807, 2.05) is 18.2 Å². The molecule has 104 valence electrons. The number of nitrogens with one attached hydrogen (secondary N) is 1. The first-order chi connectivity index (χ1) is 9.60. The Balaban J connectivity index is 2.12. The molecule has 20 heavy (non-hydrogen) atoms. The van der Waals surface area contributed by atoms with Crippen LogP contribution in [0, 0.1) is 0 Å². The first kappa shape index (κ1) is 14.8. The minimum absolute atomic E-state index is 0.335. The van der Waals surface area contributed by atoms with Gasteiger partial charge in [-0.05, 0) is 46.3 Å². The molecule has 0 saturated carbocycles. The first-order valence-electron chi connectivity index (χ1n) is 5.83. The van der Waals surface area contributed by atoms with E-state index >= 15 is 0 Å². The number of carbonyl (C=O) groups is 1. The van der Waals surface area contributed by atoms with Crippen LogP contribution in [-0.4, -0.2) is 18.1 Å². The van der Waals surface area contributed by atoms with Crippen LogP contribution < -0.4 is 5.32 Å². The molecule has 0 aliphatic heterocycles. The van der Waals surface area contributed by atoms with E-state index in [1.54, 1.807) is 18.2 Å². The highest BCUT2D eigenvalue weighted by atomic mass is 79.9. The lowest BCUT2D eigenvalue weighted by Crippen LogP contribution is -2.05. The monoisotopic (exact) mass is 354 g/mol. The molecule has 1 aromatic carbocycles. The van der Waals surface area contributed by atoms with Crippen molar-refractivity contribution in [1.82, 2.24) is 4.98 Å². The van der Waals surface area contributed by atoms with Crippen molar-refractivity contribution >= 4 is 39.2 Å². The summed E-state index contributed by atoms with van der Waals surface area (Å²) >= 11 is 9.28. The number of methoxy groups -OCH3 is 1. The molecule has 6 heteroatoms. The summed E-state index contributed by atoms with van der Waals surface area (Å²) < 4.78 is 5.46. The third-order valence-electron chi connectivity index (χ3n) is 2.62. The molecule has 0 unspecified atom stereocenters. The largest absolute Gasteiger partial charge is 0.465 e. The zero-order valence-electron chi connectivity index (χ0n) is 10.7. The Morgan fingerprint density at radius 3 is 2.90 bits per heavy atom. The van der Waals surface area contributed by atoms with Crippen molar-refractivity contribution < 1.29 is 9.53 Å². The molecule has 0 atom stereocenters. The van der Waals surface area contributed by atoms with Gasteiger partial charge >= 0.3 is 5.97 Å². The Labute approximate surface area is 130 Å². The topological polar surface area (TPSA) is 51.2 Å². The number of aromatic nitrogens is 1. The molecule has 0 radical (unpaired) electrons. The molecule has 0 amide bonds. The number of anilines is 1. The Kier molecular flexibility index (Phi) is 4.98. The molecular weight excluding hydrogens is 344 g/mol. The van der Waals surface area contributed by atoms with Gasteiger partial charge in [0.15, 0.2) is 0 Å². The van der Waals surface area contributed by atoms with E-state index in [0.717, 1.165) is 16.0 Å². The highest BCUT2D eigenvalue weighted by Gasteiger charge is 2.11. The standard InChI is InChI=1S/C14H12BrClN2O2/c1-20-14(19)11-7-9(5-6-12(11)16)17-8-10-3-2-4-13(15)18-10/h2-7,17H,8H2,1H3. The van der Waals surface area contributed by atoms with Gasteiger partial charge in [0, 0.05) is 5.69 Å². The first-order valence-corrected chi connectivity index (χ1v) is 7.00. The van der Waals surface area contributed by atoms with Crippen LogP contribution in [0.25, 0.3) is 0 Å². The maximum atomic E-state index is 11.6. The number of hydrogen-bond acceptors (Lipinski definition) is 4. The quantitative estimate of drug-likeness (QED) is 0.667. The Morgan fingerprint density at radius 1 is 1.40 bits per heavy atom. The molecule has 0 aliphatic rings. The Hall–Kier alpha value is -1.59. The molecule has 1 heterocycles. The van der Waals surface area contributed by atoms with Gasteiger partial charge in [0.05, 0.1) is 29.9 Å². The van der Waals surface area contributed by atoms with E-state index in [9.17, 15) is 4.79 Å². The molecule has 0 bridgehead atoms. The van der Waals surface area contributed by atoms with Crippen LogP contribution in [0.3, 0.4) is 0 Å². The lowest BCUT2D eigenvalue weighted by atomic mass is 10.2. The van der Waals surface area contributed by atoms with Crippen LogP contribution in [0.2, 0.25) is 5.02 Å². The molecular formula is C14H12BrClN2O2. The average Bonchev–Trinajstić information content (AvgIpc) is 2.45. The van der Waals surface area contributed by atoms with Crippen LogP contribution in [0.4, 0.5) is 5.69 Å². The molecule has 0 saturated heterocycles. The van der Waals surface area contributed by atoms with Crippen LogP contribution in [0.15, 0.2) is 41.0 Å². The second kappa shape index (κ2) is 6.72. The number of ether oxygens (including phenoxy) is 1. The van der Waals surface area contributed by atoms with Gasteiger partial charge in [0.25, 0.3) is 0 Å². The van der Waals surface area contributed by atoms with Crippen molar-refractivity contribution in [2.24, 2.45) is 0 Å². The number of pyridine rings is 1. The van der Waals surface area contributed by atoms with Crippen molar-refractivity contribution in [3.63, 3.8) is 0 Å². The predicted molar refractivity (Wildman–Crippen MR) is 82.1 cm³/mol. The van der Waals surface area contributed by atoms with Crippen LogP contribution >= 0.6 is 27.5 Å². The highest BCUT2D eigenvalue weighted by Crippen LogP contribution is 2.21. The number of halogens is 2. The summed E-state index contributed by atoms with van der Waals surface area (Å²) in [5.41, 5.74) is 1.99. The van der Waals surface area contributed by atoms with Crippen molar-refractivity contribution in [1.29, 1.82) is 0 Å². The maximum absolute atomic E-state index is 11.6. The molecule has 0 aliphatic carbocycles. The van der Waals surface area contributed by atoms with Crippen LogP contribution in [-0.2, 0) is 11.3 Å². The van der Waals surface area contributed by atoms with E-state index in [4.69, 9.17) is 11.6 Å². The minimum Gasteiger partial charge on any atom is -0.465 e. The van der Waals surface area contributed by atoms with Gasteiger partial charge in [-0.2, -0.15) is 0 Å². The maximum Gasteiger partial charge on any atom is 0.339 e. The summed E-state index contributed by atoms with van der Waals surface area (Å²) in [6.07, 6.45) is 0. The van der Waals surface area contributed by atoms with Crippen LogP contribution in [0.1, 0.15) is 16.1 Å².